The van der Waals surface area contributed by atoms with Crippen molar-refractivity contribution in [3.8, 4) is 0 Å². The molecule has 0 aromatic rings. The molecular formula is C34H66O4. The van der Waals surface area contributed by atoms with E-state index in [1.807, 2.05) is 0 Å². The Hall–Kier alpha value is -1.06. The zero-order chi connectivity index (χ0) is 28.1. The number of hydrogen-bond acceptors (Lipinski definition) is 3. The quantitative estimate of drug-likeness (QED) is 0.0729. The van der Waals surface area contributed by atoms with Gasteiger partial charge in [0.2, 0.25) is 0 Å². The number of esters is 1. The summed E-state index contributed by atoms with van der Waals surface area (Å²) < 4.78 is 5.49. The molecule has 4 nitrogen and oxygen atoms in total. The summed E-state index contributed by atoms with van der Waals surface area (Å²) in [4.78, 5) is 22.6. The molecule has 2 atom stereocenters. The van der Waals surface area contributed by atoms with Gasteiger partial charge in [0.05, 0.1) is 6.61 Å². The van der Waals surface area contributed by atoms with Crippen molar-refractivity contribution >= 4 is 11.9 Å². The van der Waals surface area contributed by atoms with Crippen LogP contribution in [0.15, 0.2) is 0 Å². The summed E-state index contributed by atoms with van der Waals surface area (Å²) in [5, 5.41) is 8.79. The number of carboxylic acid groups (broad SMARTS) is 1. The molecule has 0 aliphatic rings. The van der Waals surface area contributed by atoms with Crippen LogP contribution < -0.4 is 0 Å². The number of hydrogen-bond donors (Lipinski definition) is 1. The Morgan fingerprint density at radius 3 is 1.42 bits per heavy atom. The summed E-state index contributed by atoms with van der Waals surface area (Å²) >= 11 is 0. The van der Waals surface area contributed by atoms with E-state index < -0.39 is 5.97 Å². The van der Waals surface area contributed by atoms with Crippen LogP contribution in [0, 0.1) is 11.8 Å². The lowest BCUT2D eigenvalue weighted by Gasteiger charge is -2.14. The highest BCUT2D eigenvalue weighted by Crippen LogP contribution is 2.17. The zero-order valence-corrected chi connectivity index (χ0v) is 25.9. The minimum absolute atomic E-state index is 0.00737. The summed E-state index contributed by atoms with van der Waals surface area (Å²) in [5.74, 6) is 0.217. The van der Waals surface area contributed by atoms with E-state index in [1.54, 1.807) is 0 Å². The first-order chi connectivity index (χ1) is 18.5. The number of carbonyl (C=O) groups is 2. The van der Waals surface area contributed by atoms with Crippen molar-refractivity contribution < 1.29 is 19.4 Å². The van der Waals surface area contributed by atoms with Crippen LogP contribution in [0.2, 0.25) is 0 Å². The Labute approximate surface area is 237 Å². The number of ether oxygens (including phenoxy) is 1. The predicted octanol–water partition coefficient (Wildman–Crippen LogP) is 11.0. The van der Waals surface area contributed by atoms with Gasteiger partial charge in [0.25, 0.3) is 0 Å². The van der Waals surface area contributed by atoms with Gasteiger partial charge >= 0.3 is 11.9 Å². The van der Waals surface area contributed by atoms with Crippen LogP contribution in [-0.2, 0) is 14.3 Å². The zero-order valence-electron chi connectivity index (χ0n) is 25.9. The fourth-order valence-corrected chi connectivity index (χ4v) is 5.35. The highest BCUT2D eigenvalue weighted by molar-refractivity contribution is 5.69. The third-order valence-corrected chi connectivity index (χ3v) is 8.12. The second-order valence-corrected chi connectivity index (χ2v) is 12.1. The fraction of sp³-hybridized carbons (Fsp3) is 0.941. The summed E-state index contributed by atoms with van der Waals surface area (Å²) in [5.41, 5.74) is 0. The Kier molecular flexibility index (Phi) is 28.1. The first-order valence-corrected chi connectivity index (χ1v) is 16.9. The van der Waals surface area contributed by atoms with Gasteiger partial charge in [0.1, 0.15) is 0 Å². The van der Waals surface area contributed by atoms with Crippen LogP contribution in [0.5, 0.6) is 0 Å². The molecule has 0 bridgehead atoms. The molecule has 0 aromatic carbocycles. The summed E-state index contributed by atoms with van der Waals surface area (Å²) in [7, 11) is 0. The van der Waals surface area contributed by atoms with E-state index in [4.69, 9.17) is 9.84 Å². The van der Waals surface area contributed by atoms with E-state index in [0.717, 1.165) is 25.7 Å². The molecule has 38 heavy (non-hydrogen) atoms. The maximum Gasteiger partial charge on any atom is 0.305 e. The largest absolute Gasteiger partial charge is 0.481 e. The lowest BCUT2D eigenvalue weighted by molar-refractivity contribution is -0.145. The van der Waals surface area contributed by atoms with Crippen molar-refractivity contribution in [1.82, 2.24) is 0 Å². The van der Waals surface area contributed by atoms with Gasteiger partial charge in [-0.1, -0.05) is 162 Å². The molecule has 2 unspecified atom stereocenters. The SMILES string of the molecule is CCCCC(CC)COC(=O)CCCCCCCCCCCCCCCCCCCCCC(C)CC(=O)O. The van der Waals surface area contributed by atoms with Gasteiger partial charge in [-0.25, -0.2) is 0 Å². The van der Waals surface area contributed by atoms with E-state index in [2.05, 4.69) is 20.8 Å². The molecule has 226 valence electrons. The molecule has 0 fully saturated rings. The van der Waals surface area contributed by atoms with Crippen LogP contribution in [0.4, 0.5) is 0 Å². The van der Waals surface area contributed by atoms with Crippen LogP contribution >= 0.6 is 0 Å². The Balaban J connectivity index is 3.24. The molecule has 0 amide bonds. The lowest BCUT2D eigenvalue weighted by atomic mass is 9.99. The monoisotopic (exact) mass is 538 g/mol. The number of rotatable bonds is 30. The molecule has 0 aliphatic carbocycles. The average molecular weight is 539 g/mol. The van der Waals surface area contributed by atoms with Gasteiger partial charge < -0.3 is 9.84 Å². The van der Waals surface area contributed by atoms with Gasteiger partial charge in [0.15, 0.2) is 0 Å². The van der Waals surface area contributed by atoms with Crippen molar-refractivity contribution in [2.45, 2.75) is 188 Å². The number of carboxylic acids is 1. The van der Waals surface area contributed by atoms with Crippen molar-refractivity contribution in [1.29, 1.82) is 0 Å². The number of unbranched alkanes of at least 4 members (excludes halogenated alkanes) is 19. The van der Waals surface area contributed by atoms with E-state index >= 15 is 0 Å². The first-order valence-electron chi connectivity index (χ1n) is 16.9. The second kappa shape index (κ2) is 28.9. The van der Waals surface area contributed by atoms with Gasteiger partial charge in [-0.3, -0.25) is 9.59 Å². The topological polar surface area (TPSA) is 63.6 Å². The highest BCUT2D eigenvalue weighted by Gasteiger charge is 2.10. The summed E-state index contributed by atoms with van der Waals surface area (Å²) in [6, 6.07) is 0. The van der Waals surface area contributed by atoms with E-state index in [0.29, 0.717) is 31.3 Å². The molecule has 0 spiro atoms. The van der Waals surface area contributed by atoms with Gasteiger partial charge in [-0.2, -0.15) is 0 Å². The predicted molar refractivity (Wildman–Crippen MR) is 163 cm³/mol. The van der Waals surface area contributed by atoms with Gasteiger partial charge in [-0.15, -0.1) is 0 Å². The minimum atomic E-state index is -0.662. The molecule has 0 aliphatic heterocycles. The molecule has 0 rings (SSSR count). The molecule has 0 heterocycles. The molecule has 0 aromatic heterocycles. The number of carbonyl (C=O) groups excluding carboxylic acids is 1. The smallest absolute Gasteiger partial charge is 0.305 e. The normalized spacial score (nSPS) is 12.9. The molecule has 0 saturated carbocycles. The third-order valence-electron chi connectivity index (χ3n) is 8.12. The minimum Gasteiger partial charge on any atom is -0.481 e. The van der Waals surface area contributed by atoms with E-state index in [9.17, 15) is 9.59 Å². The van der Waals surface area contributed by atoms with Crippen LogP contribution in [0.3, 0.4) is 0 Å². The van der Waals surface area contributed by atoms with Crippen LogP contribution in [-0.4, -0.2) is 23.7 Å². The molecule has 0 radical (unpaired) electrons. The number of aliphatic carboxylic acids is 1. The second-order valence-electron chi connectivity index (χ2n) is 12.1. The first kappa shape index (κ1) is 36.9. The molecule has 4 heteroatoms. The Bertz CT molecular complexity index is 519. The van der Waals surface area contributed by atoms with E-state index in [1.165, 1.54) is 128 Å². The fourth-order valence-electron chi connectivity index (χ4n) is 5.35. The van der Waals surface area contributed by atoms with Crippen LogP contribution in [0.25, 0.3) is 0 Å². The maximum atomic E-state index is 11.9. The van der Waals surface area contributed by atoms with Crippen molar-refractivity contribution in [2.75, 3.05) is 6.61 Å². The van der Waals surface area contributed by atoms with E-state index in [-0.39, 0.29) is 5.97 Å². The summed E-state index contributed by atoms with van der Waals surface area (Å²) in [6.45, 7) is 7.08. The van der Waals surface area contributed by atoms with Gasteiger partial charge in [0, 0.05) is 12.8 Å². The Morgan fingerprint density at radius 1 is 0.605 bits per heavy atom. The molecular weight excluding hydrogens is 472 g/mol. The Morgan fingerprint density at radius 2 is 1.03 bits per heavy atom. The maximum absolute atomic E-state index is 11.9. The van der Waals surface area contributed by atoms with Gasteiger partial charge in [-0.05, 0) is 24.7 Å². The van der Waals surface area contributed by atoms with Crippen molar-refractivity contribution in [3.63, 3.8) is 0 Å². The lowest BCUT2D eigenvalue weighted by Crippen LogP contribution is -2.13. The van der Waals surface area contributed by atoms with Crippen molar-refractivity contribution in [2.24, 2.45) is 11.8 Å². The third kappa shape index (κ3) is 28.0. The van der Waals surface area contributed by atoms with Crippen molar-refractivity contribution in [3.05, 3.63) is 0 Å². The standard InChI is InChI=1S/C34H66O4/c1-4-6-27-32(5-2)30-38-34(37)28-25-23-21-19-17-15-13-11-9-7-8-10-12-14-16-18-20-22-24-26-31(3)29-33(35)36/h31-32H,4-30H2,1-3H3,(H,35,36). The van der Waals surface area contributed by atoms with Crippen LogP contribution in [0.1, 0.15) is 188 Å². The molecule has 1 N–H and O–H groups in total. The molecule has 0 saturated heterocycles. The summed E-state index contributed by atoms with van der Waals surface area (Å²) in [6.07, 6.45) is 31.8. The highest BCUT2D eigenvalue weighted by atomic mass is 16.5. The average Bonchev–Trinajstić information content (AvgIpc) is 2.89.